The van der Waals surface area contributed by atoms with Gasteiger partial charge >= 0.3 is 0 Å². The number of amides is 1. The van der Waals surface area contributed by atoms with E-state index in [9.17, 15) is 9.90 Å². The van der Waals surface area contributed by atoms with Crippen molar-refractivity contribution < 1.29 is 9.90 Å². The van der Waals surface area contributed by atoms with Crippen LogP contribution in [0, 0.1) is 0 Å². The molecule has 0 atom stereocenters. The number of likely N-dealkylation sites (tertiary alicyclic amines) is 1. The van der Waals surface area contributed by atoms with E-state index in [1.165, 1.54) is 0 Å². The normalized spacial score (nSPS) is 16.0. The Labute approximate surface area is 104 Å². The van der Waals surface area contributed by atoms with Gasteiger partial charge in [0.25, 0.3) is 5.91 Å². The molecule has 2 aromatic rings. The topological polar surface area (TPSA) is 71.2 Å². The number of carbonyl (C=O) groups is 1. The first kappa shape index (κ1) is 11.2. The highest BCUT2D eigenvalue weighted by molar-refractivity contribution is 5.97. The zero-order chi connectivity index (χ0) is 12.7. The summed E-state index contributed by atoms with van der Waals surface area (Å²) in [7, 11) is 0. The molecule has 1 saturated heterocycles. The summed E-state index contributed by atoms with van der Waals surface area (Å²) in [6, 6.07) is 5.40. The number of aliphatic hydroxyl groups is 1. The van der Waals surface area contributed by atoms with Crippen molar-refractivity contribution >= 4 is 16.9 Å². The molecule has 0 radical (unpaired) electrons. The monoisotopic (exact) mass is 246 g/mol. The molecular weight excluding hydrogens is 232 g/mol. The summed E-state index contributed by atoms with van der Waals surface area (Å²) in [5, 5.41) is 17.3. The van der Waals surface area contributed by atoms with Crippen LogP contribution in [0.4, 0.5) is 0 Å². The first-order valence-electron chi connectivity index (χ1n) is 5.99. The smallest absolute Gasteiger partial charge is 0.254 e. The highest BCUT2D eigenvalue weighted by Crippen LogP contribution is 2.17. The molecule has 1 N–H and O–H groups in total. The fourth-order valence-corrected chi connectivity index (χ4v) is 2.14. The second-order valence-corrected chi connectivity index (χ2v) is 4.47. The molecule has 0 aliphatic carbocycles. The van der Waals surface area contributed by atoms with Gasteiger partial charge in [-0.15, -0.1) is 5.10 Å². The van der Waals surface area contributed by atoms with E-state index in [-0.39, 0.29) is 12.0 Å². The molecule has 6 heteroatoms. The molecule has 6 nitrogen and oxygen atoms in total. The van der Waals surface area contributed by atoms with Gasteiger partial charge in [-0.25, -0.2) is 4.68 Å². The molecular formula is C12H14N4O2. The molecule has 1 aliphatic heterocycles. The Kier molecular flexibility index (Phi) is 2.52. The molecule has 0 spiro atoms. The Morgan fingerprint density at radius 3 is 2.94 bits per heavy atom. The van der Waals surface area contributed by atoms with Crippen molar-refractivity contribution in [2.45, 2.75) is 19.6 Å². The molecule has 1 fully saturated rings. The average Bonchev–Trinajstić information content (AvgIpc) is 2.76. The predicted molar refractivity (Wildman–Crippen MR) is 65.1 cm³/mol. The third kappa shape index (κ3) is 1.65. The molecule has 0 unspecified atom stereocenters. The zero-order valence-electron chi connectivity index (χ0n) is 10.1. The maximum absolute atomic E-state index is 12.1. The number of benzene rings is 1. The third-order valence-electron chi connectivity index (χ3n) is 3.21. The molecule has 94 valence electrons. The summed E-state index contributed by atoms with van der Waals surface area (Å²) >= 11 is 0. The van der Waals surface area contributed by atoms with E-state index in [0.29, 0.717) is 18.7 Å². The lowest BCUT2D eigenvalue weighted by Gasteiger charge is -2.35. The maximum atomic E-state index is 12.1. The highest BCUT2D eigenvalue weighted by Gasteiger charge is 2.29. The molecule has 1 aromatic heterocycles. The minimum atomic E-state index is -0.376. The molecule has 0 saturated carbocycles. The van der Waals surface area contributed by atoms with E-state index in [0.717, 1.165) is 17.6 Å². The van der Waals surface area contributed by atoms with Gasteiger partial charge in [0.05, 0.1) is 11.6 Å². The molecule has 18 heavy (non-hydrogen) atoms. The van der Waals surface area contributed by atoms with Crippen LogP contribution in [0.2, 0.25) is 0 Å². The van der Waals surface area contributed by atoms with E-state index in [4.69, 9.17) is 0 Å². The number of hydrogen-bond acceptors (Lipinski definition) is 4. The summed E-state index contributed by atoms with van der Waals surface area (Å²) in [5.74, 6) is -0.0618. The maximum Gasteiger partial charge on any atom is 0.254 e. The van der Waals surface area contributed by atoms with E-state index < -0.39 is 0 Å². The van der Waals surface area contributed by atoms with Crippen molar-refractivity contribution in [3.63, 3.8) is 0 Å². The molecule has 1 amide bonds. The number of rotatable bonds is 2. The first-order valence-corrected chi connectivity index (χ1v) is 5.99. The minimum absolute atomic E-state index is 0.0618. The number of aryl methyl sites for hydroxylation is 1. The van der Waals surface area contributed by atoms with E-state index >= 15 is 0 Å². The summed E-state index contributed by atoms with van der Waals surface area (Å²) in [5.41, 5.74) is 2.25. The SMILES string of the molecule is CCn1nnc2cc(C(=O)N3CC(O)C3)ccc21. The van der Waals surface area contributed by atoms with E-state index in [1.54, 1.807) is 21.7 Å². The summed E-state index contributed by atoms with van der Waals surface area (Å²) in [4.78, 5) is 13.7. The average molecular weight is 246 g/mol. The van der Waals surface area contributed by atoms with Crippen LogP contribution in [0.15, 0.2) is 18.2 Å². The van der Waals surface area contributed by atoms with Crippen molar-refractivity contribution in [2.75, 3.05) is 13.1 Å². The fourth-order valence-electron chi connectivity index (χ4n) is 2.14. The second-order valence-electron chi connectivity index (χ2n) is 4.47. The van der Waals surface area contributed by atoms with Crippen molar-refractivity contribution in [3.05, 3.63) is 23.8 Å². The quantitative estimate of drug-likeness (QED) is 0.825. The van der Waals surface area contributed by atoms with Crippen LogP contribution in [0.3, 0.4) is 0 Å². The number of β-amino-alcohol motifs (C(OH)–C–C–N with tert-alkyl or cyclic N) is 1. The molecule has 2 heterocycles. The second kappa shape index (κ2) is 4.06. The number of aromatic nitrogens is 3. The highest BCUT2D eigenvalue weighted by atomic mass is 16.3. The van der Waals surface area contributed by atoms with E-state index in [2.05, 4.69) is 10.3 Å². The van der Waals surface area contributed by atoms with Crippen LogP contribution in [-0.4, -0.2) is 50.1 Å². The Morgan fingerprint density at radius 1 is 1.50 bits per heavy atom. The number of hydrogen-bond donors (Lipinski definition) is 1. The van der Waals surface area contributed by atoms with Crippen molar-refractivity contribution in [3.8, 4) is 0 Å². The summed E-state index contributed by atoms with van der Waals surface area (Å²) < 4.78 is 1.79. The Hall–Kier alpha value is -1.95. The lowest BCUT2D eigenvalue weighted by Crippen LogP contribution is -2.53. The summed E-state index contributed by atoms with van der Waals surface area (Å²) in [6.07, 6.45) is -0.376. The minimum Gasteiger partial charge on any atom is -0.389 e. The standard InChI is InChI=1S/C12H14N4O2/c1-2-16-11-4-3-8(5-10(11)13-14-16)12(18)15-6-9(17)7-15/h3-5,9,17H,2,6-7H2,1H3. The number of carbonyl (C=O) groups excluding carboxylic acids is 1. The lowest BCUT2D eigenvalue weighted by molar-refractivity contribution is 0.00590. The van der Waals surface area contributed by atoms with Crippen LogP contribution in [0.5, 0.6) is 0 Å². The van der Waals surface area contributed by atoms with Gasteiger partial charge in [0, 0.05) is 25.2 Å². The number of aliphatic hydroxyl groups excluding tert-OH is 1. The Balaban J connectivity index is 1.91. The van der Waals surface area contributed by atoms with Gasteiger partial charge in [-0.2, -0.15) is 0 Å². The predicted octanol–water partition coefficient (Wildman–Crippen LogP) is 0.268. The van der Waals surface area contributed by atoms with Crippen LogP contribution in [0.1, 0.15) is 17.3 Å². The Bertz CT molecular complexity index is 601. The van der Waals surface area contributed by atoms with Crippen LogP contribution >= 0.6 is 0 Å². The Morgan fingerprint density at radius 2 is 2.28 bits per heavy atom. The molecule has 1 aromatic carbocycles. The number of nitrogens with zero attached hydrogens (tertiary/aromatic N) is 4. The van der Waals surface area contributed by atoms with Crippen LogP contribution < -0.4 is 0 Å². The lowest BCUT2D eigenvalue weighted by atomic mass is 10.1. The van der Waals surface area contributed by atoms with Gasteiger partial charge in [-0.05, 0) is 25.1 Å². The zero-order valence-corrected chi connectivity index (χ0v) is 10.1. The van der Waals surface area contributed by atoms with Crippen molar-refractivity contribution in [1.29, 1.82) is 0 Å². The van der Waals surface area contributed by atoms with Crippen LogP contribution in [0.25, 0.3) is 11.0 Å². The van der Waals surface area contributed by atoms with Gasteiger partial charge in [0.15, 0.2) is 0 Å². The molecule has 1 aliphatic rings. The van der Waals surface area contributed by atoms with E-state index in [1.807, 2.05) is 13.0 Å². The van der Waals surface area contributed by atoms with Gasteiger partial charge in [-0.1, -0.05) is 5.21 Å². The van der Waals surface area contributed by atoms with Crippen LogP contribution in [-0.2, 0) is 6.54 Å². The third-order valence-corrected chi connectivity index (χ3v) is 3.21. The number of fused-ring (bicyclic) bond motifs is 1. The first-order chi connectivity index (χ1) is 8.69. The van der Waals surface area contributed by atoms with Crippen molar-refractivity contribution in [1.82, 2.24) is 19.9 Å². The van der Waals surface area contributed by atoms with Gasteiger partial charge < -0.3 is 10.0 Å². The van der Waals surface area contributed by atoms with Gasteiger partial charge in [0.1, 0.15) is 5.52 Å². The fraction of sp³-hybridized carbons (Fsp3) is 0.417. The van der Waals surface area contributed by atoms with Crippen molar-refractivity contribution in [2.24, 2.45) is 0 Å². The molecule has 3 rings (SSSR count). The van der Waals surface area contributed by atoms with Gasteiger partial charge in [0.2, 0.25) is 0 Å². The largest absolute Gasteiger partial charge is 0.389 e. The van der Waals surface area contributed by atoms with Gasteiger partial charge in [-0.3, -0.25) is 4.79 Å². The molecule has 0 bridgehead atoms. The summed E-state index contributed by atoms with van der Waals surface area (Å²) in [6.45, 7) is 3.58.